The zero-order chi connectivity index (χ0) is 18.0. The number of carbonyl (C=O) groups excluding carboxylic acids is 1. The molecule has 7 heteroatoms. The summed E-state index contributed by atoms with van der Waals surface area (Å²) in [5, 5.41) is 2.97. The number of carbonyl (C=O) groups is 1. The normalized spacial score (nSPS) is 10.7. The molecule has 0 aliphatic heterocycles. The van der Waals surface area contributed by atoms with E-state index in [-0.39, 0.29) is 12.1 Å². The van der Waals surface area contributed by atoms with Crippen LogP contribution >= 0.6 is 15.9 Å². The number of hydrogen-bond donors (Lipinski definition) is 2. The molecular formula is C18H15BrFN3O2. The number of rotatable bonds is 5. The topological polar surface area (TPSA) is 81.1 Å². The van der Waals surface area contributed by atoms with E-state index in [4.69, 9.17) is 10.2 Å². The van der Waals surface area contributed by atoms with E-state index in [0.29, 0.717) is 21.7 Å². The average molecular weight is 404 g/mol. The number of benzene rings is 2. The van der Waals surface area contributed by atoms with Crippen LogP contribution in [0.25, 0.3) is 11.5 Å². The van der Waals surface area contributed by atoms with Crippen LogP contribution < -0.4 is 11.1 Å². The first-order valence-electron chi connectivity index (χ1n) is 7.48. The van der Waals surface area contributed by atoms with Crippen LogP contribution in [0, 0.1) is 12.7 Å². The van der Waals surface area contributed by atoms with Gasteiger partial charge in [0.15, 0.2) is 0 Å². The van der Waals surface area contributed by atoms with Crippen molar-refractivity contribution in [1.82, 2.24) is 4.98 Å². The second-order valence-electron chi connectivity index (χ2n) is 5.54. The summed E-state index contributed by atoms with van der Waals surface area (Å²) in [6, 6.07) is 10.6. The highest BCUT2D eigenvalue weighted by atomic mass is 79.9. The summed E-state index contributed by atoms with van der Waals surface area (Å²) in [7, 11) is 0. The van der Waals surface area contributed by atoms with Crippen molar-refractivity contribution in [3.05, 3.63) is 69.8 Å². The zero-order valence-corrected chi connectivity index (χ0v) is 14.9. The Bertz CT molecular complexity index is 923. The van der Waals surface area contributed by atoms with Gasteiger partial charge in [-0.2, -0.15) is 0 Å². The van der Waals surface area contributed by atoms with Crippen molar-refractivity contribution in [2.75, 3.05) is 5.32 Å². The molecule has 25 heavy (non-hydrogen) atoms. The van der Waals surface area contributed by atoms with Crippen LogP contribution in [0.2, 0.25) is 0 Å². The van der Waals surface area contributed by atoms with Gasteiger partial charge >= 0.3 is 0 Å². The number of aryl methyl sites for hydroxylation is 1. The molecule has 2 aromatic carbocycles. The SMILES string of the molecule is Cc1ccc(-c2nc(CNc3cc(Br)cc(F)c3C(N)=O)co2)cc1. The predicted octanol–water partition coefficient (Wildman–Crippen LogP) is 4.26. The van der Waals surface area contributed by atoms with Crippen molar-refractivity contribution < 1.29 is 13.6 Å². The lowest BCUT2D eigenvalue weighted by molar-refractivity contribution is 0.0997. The van der Waals surface area contributed by atoms with Gasteiger partial charge in [0, 0.05) is 10.0 Å². The number of amides is 1. The van der Waals surface area contributed by atoms with E-state index in [1.165, 1.54) is 12.3 Å². The third-order valence-electron chi connectivity index (χ3n) is 3.61. The molecule has 0 saturated carbocycles. The maximum atomic E-state index is 13.9. The van der Waals surface area contributed by atoms with E-state index in [9.17, 15) is 9.18 Å². The van der Waals surface area contributed by atoms with Crippen molar-refractivity contribution in [1.29, 1.82) is 0 Å². The fraction of sp³-hybridized carbons (Fsp3) is 0.111. The summed E-state index contributed by atoms with van der Waals surface area (Å²) >= 11 is 3.20. The number of hydrogen-bond acceptors (Lipinski definition) is 4. The Labute approximate surface area is 152 Å². The van der Waals surface area contributed by atoms with Gasteiger partial charge in [0.1, 0.15) is 12.1 Å². The first kappa shape index (κ1) is 17.2. The Hall–Kier alpha value is -2.67. The van der Waals surface area contributed by atoms with Crippen molar-refractivity contribution in [3.8, 4) is 11.5 Å². The van der Waals surface area contributed by atoms with Crippen LogP contribution in [0.5, 0.6) is 0 Å². The molecule has 1 heterocycles. The summed E-state index contributed by atoms with van der Waals surface area (Å²) in [5.41, 5.74) is 7.99. The van der Waals surface area contributed by atoms with Crippen molar-refractivity contribution in [3.63, 3.8) is 0 Å². The zero-order valence-electron chi connectivity index (χ0n) is 13.3. The van der Waals surface area contributed by atoms with Gasteiger partial charge < -0.3 is 15.5 Å². The fourth-order valence-electron chi connectivity index (χ4n) is 2.37. The van der Waals surface area contributed by atoms with E-state index >= 15 is 0 Å². The van der Waals surface area contributed by atoms with Gasteiger partial charge in [0.2, 0.25) is 5.89 Å². The van der Waals surface area contributed by atoms with Crippen molar-refractivity contribution in [2.24, 2.45) is 5.73 Å². The largest absolute Gasteiger partial charge is 0.444 e. The van der Waals surface area contributed by atoms with Crippen molar-refractivity contribution >= 4 is 27.5 Å². The van der Waals surface area contributed by atoms with Crippen LogP contribution in [-0.4, -0.2) is 10.9 Å². The molecule has 3 rings (SSSR count). The van der Waals surface area contributed by atoms with E-state index in [1.54, 1.807) is 6.07 Å². The van der Waals surface area contributed by atoms with Crippen molar-refractivity contribution in [2.45, 2.75) is 13.5 Å². The first-order chi connectivity index (χ1) is 11.9. The Morgan fingerprint density at radius 3 is 2.72 bits per heavy atom. The highest BCUT2D eigenvalue weighted by molar-refractivity contribution is 9.10. The number of nitrogens with zero attached hydrogens (tertiary/aromatic N) is 1. The maximum Gasteiger partial charge on any atom is 0.253 e. The van der Waals surface area contributed by atoms with E-state index in [2.05, 4.69) is 26.2 Å². The van der Waals surface area contributed by atoms with Gasteiger partial charge in [-0.25, -0.2) is 9.37 Å². The van der Waals surface area contributed by atoms with Crippen LogP contribution in [0.3, 0.4) is 0 Å². The summed E-state index contributed by atoms with van der Waals surface area (Å²) in [5.74, 6) is -1.04. The van der Waals surface area contributed by atoms with E-state index < -0.39 is 11.7 Å². The van der Waals surface area contributed by atoms with Gasteiger partial charge in [-0.1, -0.05) is 33.6 Å². The number of primary amides is 1. The molecule has 0 aliphatic carbocycles. The second-order valence-corrected chi connectivity index (χ2v) is 6.45. The van der Waals surface area contributed by atoms with Gasteiger partial charge in [0.05, 0.1) is 23.5 Å². The molecule has 0 radical (unpaired) electrons. The molecule has 0 aliphatic rings. The third-order valence-corrected chi connectivity index (χ3v) is 4.07. The number of nitrogens with two attached hydrogens (primary N) is 1. The second kappa shape index (κ2) is 7.06. The van der Waals surface area contributed by atoms with Crippen LogP contribution in [0.1, 0.15) is 21.6 Å². The van der Waals surface area contributed by atoms with E-state index in [0.717, 1.165) is 11.1 Å². The molecule has 128 valence electrons. The Morgan fingerprint density at radius 1 is 1.32 bits per heavy atom. The molecule has 0 atom stereocenters. The minimum Gasteiger partial charge on any atom is -0.444 e. The summed E-state index contributed by atoms with van der Waals surface area (Å²) < 4.78 is 19.9. The lowest BCUT2D eigenvalue weighted by Gasteiger charge is -2.10. The average Bonchev–Trinajstić information content (AvgIpc) is 3.01. The highest BCUT2D eigenvalue weighted by Gasteiger charge is 2.16. The number of nitrogens with one attached hydrogen (secondary N) is 1. The standard InChI is InChI=1S/C18H15BrFN3O2/c1-10-2-4-11(5-3-10)18-23-13(9-25-18)8-22-15-7-12(19)6-14(20)16(15)17(21)24/h2-7,9,22H,8H2,1H3,(H2,21,24). The molecule has 0 unspecified atom stereocenters. The van der Waals surface area contributed by atoms with Crippen LogP contribution in [0.4, 0.5) is 10.1 Å². The molecule has 0 fully saturated rings. The summed E-state index contributed by atoms with van der Waals surface area (Å²) in [6.45, 7) is 2.26. The molecule has 3 N–H and O–H groups in total. The number of anilines is 1. The molecule has 1 amide bonds. The molecule has 0 spiro atoms. The Morgan fingerprint density at radius 2 is 2.04 bits per heavy atom. The fourth-order valence-corrected chi connectivity index (χ4v) is 2.80. The first-order valence-corrected chi connectivity index (χ1v) is 8.27. The maximum absolute atomic E-state index is 13.9. The third kappa shape index (κ3) is 3.88. The minimum absolute atomic E-state index is 0.189. The summed E-state index contributed by atoms with van der Waals surface area (Å²) in [6.07, 6.45) is 1.51. The summed E-state index contributed by atoms with van der Waals surface area (Å²) in [4.78, 5) is 15.9. The lowest BCUT2D eigenvalue weighted by Crippen LogP contribution is -2.16. The van der Waals surface area contributed by atoms with Gasteiger partial charge in [-0.3, -0.25) is 4.79 Å². The van der Waals surface area contributed by atoms with Gasteiger partial charge in [-0.05, 0) is 31.2 Å². The Kier molecular flexibility index (Phi) is 4.85. The number of oxazole rings is 1. The van der Waals surface area contributed by atoms with Gasteiger partial charge in [0.25, 0.3) is 5.91 Å². The van der Waals surface area contributed by atoms with Gasteiger partial charge in [-0.15, -0.1) is 0 Å². The van der Waals surface area contributed by atoms with Crippen LogP contribution in [-0.2, 0) is 6.54 Å². The van der Waals surface area contributed by atoms with E-state index in [1.807, 2.05) is 31.2 Å². The molecule has 3 aromatic rings. The Balaban J connectivity index is 1.79. The molecule has 5 nitrogen and oxygen atoms in total. The predicted molar refractivity (Wildman–Crippen MR) is 96.6 cm³/mol. The van der Waals surface area contributed by atoms with Crippen LogP contribution in [0.15, 0.2) is 51.6 Å². The molecule has 0 saturated heterocycles. The number of halogens is 2. The quantitative estimate of drug-likeness (QED) is 0.666. The smallest absolute Gasteiger partial charge is 0.253 e. The lowest BCUT2D eigenvalue weighted by atomic mass is 10.1. The minimum atomic E-state index is -0.840. The highest BCUT2D eigenvalue weighted by Crippen LogP contribution is 2.25. The molecule has 1 aromatic heterocycles. The number of aromatic nitrogens is 1. The monoisotopic (exact) mass is 403 g/mol. The molecular weight excluding hydrogens is 389 g/mol. The molecule has 0 bridgehead atoms.